The van der Waals surface area contributed by atoms with Crippen molar-refractivity contribution in [2.24, 2.45) is 5.92 Å². The van der Waals surface area contributed by atoms with E-state index >= 15 is 0 Å². The van der Waals surface area contributed by atoms with Crippen molar-refractivity contribution < 1.29 is 27.8 Å². The first kappa shape index (κ1) is 24.3. The first-order valence-electron chi connectivity index (χ1n) is 11.3. The van der Waals surface area contributed by atoms with E-state index in [2.05, 4.69) is 14.7 Å². The Kier molecular flexibility index (Phi) is 7.38. The highest BCUT2D eigenvalue weighted by Crippen LogP contribution is 2.25. The molecule has 1 aliphatic heterocycles. The molecular formula is C25H26F2N4O4. The van der Waals surface area contributed by atoms with E-state index in [0.717, 1.165) is 5.69 Å². The van der Waals surface area contributed by atoms with Crippen molar-refractivity contribution in [2.75, 3.05) is 24.6 Å². The number of anilines is 1. The van der Waals surface area contributed by atoms with Crippen LogP contribution in [-0.4, -0.2) is 52.6 Å². The number of alkyl halides is 2. The van der Waals surface area contributed by atoms with Crippen LogP contribution in [-0.2, 0) is 9.53 Å². The monoisotopic (exact) mass is 484 g/mol. The fourth-order valence-electron chi connectivity index (χ4n) is 4.32. The van der Waals surface area contributed by atoms with Gasteiger partial charge in [0.2, 0.25) is 11.7 Å². The number of carbonyl (C=O) groups is 2. The van der Waals surface area contributed by atoms with E-state index < -0.39 is 6.61 Å². The maximum absolute atomic E-state index is 12.8. The summed E-state index contributed by atoms with van der Waals surface area (Å²) >= 11 is 0. The number of nitrogens with zero attached hydrogens (tertiary/aromatic N) is 4. The third-order valence-electron chi connectivity index (χ3n) is 6.06. The summed E-state index contributed by atoms with van der Waals surface area (Å²) in [5.41, 5.74) is 2.60. The number of Topliss-reactive ketones (excluding diaryl/α,β-unsaturated/α-hetero) is 1. The number of carbonyl (C=O) groups excluding carboxylic acids is 2. The highest BCUT2D eigenvalue weighted by Gasteiger charge is 2.28. The Balaban J connectivity index is 1.34. The largest absolute Gasteiger partial charge is 0.457 e. The number of piperidine rings is 1. The summed E-state index contributed by atoms with van der Waals surface area (Å²) in [7, 11) is 0. The van der Waals surface area contributed by atoms with Gasteiger partial charge < -0.3 is 18.9 Å². The maximum atomic E-state index is 12.8. The van der Waals surface area contributed by atoms with Crippen LogP contribution < -0.4 is 9.64 Å². The van der Waals surface area contributed by atoms with Gasteiger partial charge in [-0.2, -0.15) is 8.78 Å². The SMILES string of the molecule is Cc1cc(C(=O)COC(=O)C2CCN(c3ncccn3)CC2)c(C)n1-c1ccc(OC(F)F)cc1. The average Bonchev–Trinajstić information content (AvgIpc) is 3.17. The number of aromatic nitrogens is 3. The van der Waals surface area contributed by atoms with E-state index in [1.54, 1.807) is 43.6 Å². The second kappa shape index (κ2) is 10.6. The van der Waals surface area contributed by atoms with Gasteiger partial charge >= 0.3 is 12.6 Å². The zero-order valence-corrected chi connectivity index (χ0v) is 19.5. The molecule has 1 aliphatic rings. The van der Waals surface area contributed by atoms with Crippen LogP contribution >= 0.6 is 0 Å². The lowest BCUT2D eigenvalue weighted by Crippen LogP contribution is -2.38. The third kappa shape index (κ3) is 5.64. The van der Waals surface area contributed by atoms with Crippen LogP contribution in [0.3, 0.4) is 0 Å². The van der Waals surface area contributed by atoms with Crippen molar-refractivity contribution >= 4 is 17.7 Å². The molecule has 10 heteroatoms. The minimum Gasteiger partial charge on any atom is -0.457 e. The number of aryl methyl sites for hydroxylation is 1. The highest BCUT2D eigenvalue weighted by atomic mass is 19.3. The van der Waals surface area contributed by atoms with Gasteiger partial charge in [0.1, 0.15) is 5.75 Å². The number of halogens is 2. The second-order valence-corrected chi connectivity index (χ2v) is 8.33. The van der Waals surface area contributed by atoms with Crippen molar-refractivity contribution in [3.8, 4) is 11.4 Å². The van der Waals surface area contributed by atoms with Crippen molar-refractivity contribution in [1.82, 2.24) is 14.5 Å². The molecule has 0 unspecified atom stereocenters. The lowest BCUT2D eigenvalue weighted by Gasteiger charge is -2.30. The maximum Gasteiger partial charge on any atom is 0.387 e. The molecule has 0 spiro atoms. The molecule has 0 saturated carbocycles. The summed E-state index contributed by atoms with van der Waals surface area (Å²) in [5.74, 6) is -0.261. The first-order valence-corrected chi connectivity index (χ1v) is 11.3. The zero-order valence-electron chi connectivity index (χ0n) is 19.5. The number of ether oxygens (including phenoxy) is 2. The Hall–Kier alpha value is -3.82. The normalized spacial score (nSPS) is 14.3. The topological polar surface area (TPSA) is 86.6 Å². The molecule has 3 heterocycles. The quantitative estimate of drug-likeness (QED) is 0.351. The van der Waals surface area contributed by atoms with Gasteiger partial charge in [-0.05, 0) is 63.1 Å². The van der Waals surface area contributed by atoms with E-state index in [-0.39, 0.29) is 30.0 Å². The molecule has 1 fully saturated rings. The Morgan fingerprint density at radius 2 is 1.74 bits per heavy atom. The van der Waals surface area contributed by atoms with Crippen LogP contribution in [0, 0.1) is 19.8 Å². The Morgan fingerprint density at radius 1 is 1.09 bits per heavy atom. The fraction of sp³-hybridized carbons (Fsp3) is 0.360. The van der Waals surface area contributed by atoms with Gasteiger partial charge in [-0.3, -0.25) is 9.59 Å². The smallest absolute Gasteiger partial charge is 0.387 e. The minimum absolute atomic E-state index is 0.0524. The number of hydrogen-bond acceptors (Lipinski definition) is 7. The van der Waals surface area contributed by atoms with Gasteiger partial charge in [0.25, 0.3) is 0 Å². The highest BCUT2D eigenvalue weighted by molar-refractivity contribution is 5.99. The fourth-order valence-corrected chi connectivity index (χ4v) is 4.32. The molecule has 8 nitrogen and oxygen atoms in total. The van der Waals surface area contributed by atoms with Crippen molar-refractivity contribution in [2.45, 2.75) is 33.3 Å². The molecule has 3 aromatic rings. The predicted molar refractivity (Wildman–Crippen MR) is 124 cm³/mol. The molecule has 2 aromatic heterocycles. The van der Waals surface area contributed by atoms with Gasteiger partial charge in [-0.15, -0.1) is 0 Å². The van der Waals surface area contributed by atoms with Crippen LogP contribution in [0.1, 0.15) is 34.6 Å². The van der Waals surface area contributed by atoms with Crippen LogP contribution in [0.5, 0.6) is 5.75 Å². The second-order valence-electron chi connectivity index (χ2n) is 8.33. The van der Waals surface area contributed by atoms with Crippen LogP contribution in [0.4, 0.5) is 14.7 Å². The molecule has 1 aromatic carbocycles. The van der Waals surface area contributed by atoms with E-state index in [1.807, 2.05) is 16.4 Å². The lowest BCUT2D eigenvalue weighted by molar-refractivity contribution is -0.148. The predicted octanol–water partition coefficient (Wildman–Crippen LogP) is 4.13. The standard InChI is InChI=1S/C25H26F2N4O4/c1-16-14-21(17(2)31(16)19-4-6-20(7-5-19)35-24(26)27)22(32)15-34-23(33)18-8-12-30(13-9-18)25-28-10-3-11-29-25/h3-7,10-11,14,18,24H,8-9,12-13,15H2,1-2H3. The van der Waals surface area contributed by atoms with Crippen molar-refractivity contribution in [3.63, 3.8) is 0 Å². The molecule has 0 radical (unpaired) electrons. The third-order valence-corrected chi connectivity index (χ3v) is 6.06. The number of ketones is 1. The van der Waals surface area contributed by atoms with Gasteiger partial charge in [-0.1, -0.05) is 0 Å². The van der Waals surface area contributed by atoms with Crippen molar-refractivity contribution in [1.29, 1.82) is 0 Å². The van der Waals surface area contributed by atoms with Crippen LogP contribution in [0.25, 0.3) is 5.69 Å². The lowest BCUT2D eigenvalue weighted by atomic mass is 9.97. The number of esters is 1. The summed E-state index contributed by atoms with van der Waals surface area (Å²) in [6, 6.07) is 9.65. The summed E-state index contributed by atoms with van der Waals surface area (Å²) in [6.45, 7) is 1.66. The molecule has 0 bridgehead atoms. The zero-order chi connectivity index (χ0) is 24.9. The van der Waals surface area contributed by atoms with Gasteiger partial charge in [-0.25, -0.2) is 9.97 Å². The molecule has 0 atom stereocenters. The summed E-state index contributed by atoms with van der Waals surface area (Å²) in [4.78, 5) is 35.9. The van der Waals surface area contributed by atoms with E-state index in [0.29, 0.717) is 48.8 Å². The minimum atomic E-state index is -2.90. The molecule has 1 saturated heterocycles. The molecule has 4 rings (SSSR count). The molecular weight excluding hydrogens is 458 g/mol. The number of benzene rings is 1. The number of rotatable bonds is 8. The average molecular weight is 485 g/mol. The summed E-state index contributed by atoms with van der Waals surface area (Å²) < 4.78 is 36.4. The summed E-state index contributed by atoms with van der Waals surface area (Å²) in [6.07, 6.45) is 4.57. The Morgan fingerprint density at radius 3 is 2.37 bits per heavy atom. The number of hydrogen-bond donors (Lipinski definition) is 0. The van der Waals surface area contributed by atoms with Crippen molar-refractivity contribution in [3.05, 3.63) is 65.7 Å². The van der Waals surface area contributed by atoms with E-state index in [9.17, 15) is 18.4 Å². The molecule has 35 heavy (non-hydrogen) atoms. The van der Waals surface area contributed by atoms with Crippen LogP contribution in [0.15, 0.2) is 48.8 Å². The van der Waals surface area contributed by atoms with Gasteiger partial charge in [0.05, 0.1) is 5.92 Å². The molecule has 0 aliphatic carbocycles. The van der Waals surface area contributed by atoms with E-state index in [1.165, 1.54) is 12.1 Å². The molecule has 0 N–H and O–H groups in total. The van der Waals surface area contributed by atoms with Gasteiger partial charge in [0.15, 0.2) is 6.61 Å². The van der Waals surface area contributed by atoms with Crippen LogP contribution in [0.2, 0.25) is 0 Å². The van der Waals surface area contributed by atoms with E-state index in [4.69, 9.17) is 4.74 Å². The summed E-state index contributed by atoms with van der Waals surface area (Å²) in [5, 5.41) is 0. The first-order chi connectivity index (χ1) is 16.8. The van der Waals surface area contributed by atoms with Gasteiger partial charge in [0, 0.05) is 48.1 Å². The molecule has 0 amide bonds. The Labute approximate surface area is 201 Å². The Bertz CT molecular complexity index is 1170. The molecule has 184 valence electrons.